The largest absolute Gasteiger partial charge is 1.00 e. The standard InChI is InChI=1S/C66H85O4P.Au.ClH/c1-16-29-67-59-45-32-47-38-54(64(7,8)9)40-49(60(47)68-30-17-2)34-51-42-56(66(13,14)15)43-52(62(51)70-44-71(57-25-21-19-22-26-57)58-27-23-20-24-28-58)35-50-41-55(65(10,11)12)39-48(61(50)69-31-18-3)33-46(59)37-53(36-45)63(4,5)6;;/h19-28,36-43H,16-18,29-35,44H2,1-15H3;;1H/q;+1;/p-1. The summed E-state index contributed by atoms with van der Waals surface area (Å²) in [7, 11) is -0.855. The molecule has 0 fully saturated rings. The molecule has 0 heterocycles. The Morgan fingerprint density at radius 2 is 0.575 bits per heavy atom. The minimum atomic E-state index is -0.855. The number of halogens is 1. The van der Waals surface area contributed by atoms with E-state index < -0.39 is 7.92 Å². The molecule has 0 spiro atoms. The summed E-state index contributed by atoms with van der Waals surface area (Å²) in [5, 5.41) is 2.60. The van der Waals surface area contributed by atoms with Gasteiger partial charge in [-0.25, -0.2) is 0 Å². The number of hydrogen-bond donors (Lipinski definition) is 0. The Morgan fingerprint density at radius 3 is 0.781 bits per heavy atom. The van der Waals surface area contributed by atoms with Crippen LogP contribution in [0.25, 0.3) is 0 Å². The molecule has 0 N–H and O–H groups in total. The van der Waals surface area contributed by atoms with Gasteiger partial charge in [0, 0.05) is 25.7 Å². The van der Waals surface area contributed by atoms with Gasteiger partial charge in [-0.3, -0.25) is 0 Å². The van der Waals surface area contributed by atoms with E-state index in [1.165, 1.54) is 77.4 Å². The maximum absolute atomic E-state index is 7.60. The molecule has 396 valence electrons. The number of rotatable bonds is 14. The van der Waals surface area contributed by atoms with Crippen molar-refractivity contribution in [3.05, 3.63) is 176 Å². The third kappa shape index (κ3) is 14.9. The summed E-state index contributed by atoms with van der Waals surface area (Å²) in [6, 6.07) is 41.4. The Kier molecular flexibility index (Phi) is 20.7. The molecule has 6 aromatic carbocycles. The molecule has 0 saturated heterocycles. The van der Waals surface area contributed by atoms with Gasteiger partial charge in [-0.15, -0.1) is 0 Å². The first-order chi connectivity index (χ1) is 33.6. The van der Waals surface area contributed by atoms with E-state index in [1.54, 1.807) is 0 Å². The second-order valence-electron chi connectivity index (χ2n) is 24.1. The van der Waals surface area contributed by atoms with Gasteiger partial charge in [0.25, 0.3) is 0 Å². The molecule has 0 amide bonds. The van der Waals surface area contributed by atoms with Crippen molar-refractivity contribution in [1.82, 2.24) is 0 Å². The average Bonchev–Trinajstić information content (AvgIpc) is 3.30. The van der Waals surface area contributed by atoms with Crippen molar-refractivity contribution in [3.63, 3.8) is 0 Å². The molecule has 6 aromatic rings. The second kappa shape index (κ2) is 25.2. The average molecular weight is 1210 g/mol. The molecule has 1 aliphatic rings. The Morgan fingerprint density at radius 1 is 0.356 bits per heavy atom. The molecule has 0 atom stereocenters. The van der Waals surface area contributed by atoms with Crippen molar-refractivity contribution >= 4 is 18.5 Å². The SMILES string of the molecule is CCCOc1c2cc(C(C)(C)C)cc1Cc1cc(C(C)(C)C)cc(c1OCCC)Cc1cc(C(C)(C)C)cc(c1OCP(c1ccccc1)c1ccccc1)Cc1cc(C(C)(C)C)cc(c1OCCC)C2.[Au+].[Cl-]. The van der Waals surface area contributed by atoms with Crippen LogP contribution in [0.2, 0.25) is 0 Å². The Hall–Kier alpha value is -4.02. The zero-order chi connectivity index (χ0) is 51.3. The van der Waals surface area contributed by atoms with Gasteiger partial charge in [0.05, 0.1) is 19.8 Å². The van der Waals surface area contributed by atoms with Gasteiger partial charge in [-0.05, 0) is 126 Å². The molecule has 73 heavy (non-hydrogen) atoms. The predicted octanol–water partition coefficient (Wildman–Crippen LogP) is 13.4. The molecule has 7 rings (SSSR count). The van der Waals surface area contributed by atoms with Gasteiger partial charge in [0.1, 0.15) is 29.3 Å². The zero-order valence-electron chi connectivity index (χ0n) is 46.9. The fourth-order valence-electron chi connectivity index (χ4n) is 9.62. The van der Waals surface area contributed by atoms with Crippen LogP contribution in [-0.4, -0.2) is 26.2 Å². The van der Waals surface area contributed by atoms with Crippen molar-refractivity contribution in [3.8, 4) is 23.0 Å². The van der Waals surface area contributed by atoms with Gasteiger partial charge in [-0.1, -0.05) is 213 Å². The first kappa shape index (κ1) is 59.9. The molecule has 0 radical (unpaired) electrons. The van der Waals surface area contributed by atoms with E-state index in [9.17, 15) is 0 Å². The van der Waals surface area contributed by atoms with Gasteiger partial charge in [0.2, 0.25) is 0 Å². The predicted molar refractivity (Wildman–Crippen MR) is 304 cm³/mol. The third-order valence-corrected chi connectivity index (χ3v) is 16.0. The maximum Gasteiger partial charge on any atom is 1.00 e. The molecule has 0 saturated carbocycles. The summed E-state index contributed by atoms with van der Waals surface area (Å²) in [6.07, 6.45) is 5.92. The molecular formula is C66H85AuClO4P. The van der Waals surface area contributed by atoms with Crippen LogP contribution in [0.15, 0.2) is 109 Å². The Bertz CT molecular complexity index is 2590. The van der Waals surface area contributed by atoms with Crippen LogP contribution in [0, 0.1) is 0 Å². The fraction of sp³-hybridized carbons (Fsp3) is 0.455. The first-order valence-corrected chi connectivity index (χ1v) is 28.2. The quantitative estimate of drug-likeness (QED) is 0.0803. The number of fused-ring (bicyclic) bond motifs is 8. The number of benzene rings is 6. The van der Waals surface area contributed by atoms with Gasteiger partial charge in [-0.2, -0.15) is 0 Å². The topological polar surface area (TPSA) is 36.9 Å². The van der Waals surface area contributed by atoms with Crippen molar-refractivity contribution < 1.29 is 53.7 Å². The molecule has 4 nitrogen and oxygen atoms in total. The van der Waals surface area contributed by atoms with Crippen LogP contribution in [-0.2, 0) is 69.7 Å². The van der Waals surface area contributed by atoms with Crippen LogP contribution >= 0.6 is 7.92 Å². The fourth-order valence-corrected chi connectivity index (χ4v) is 11.5. The summed E-state index contributed by atoms with van der Waals surface area (Å²) in [4.78, 5) is 0. The second-order valence-corrected chi connectivity index (χ2v) is 26.3. The maximum atomic E-state index is 7.60. The van der Waals surface area contributed by atoms with Crippen molar-refractivity contribution in [2.75, 3.05) is 26.2 Å². The van der Waals surface area contributed by atoms with Gasteiger partial charge < -0.3 is 31.4 Å². The Balaban J connectivity index is 0.00000494. The molecule has 7 heteroatoms. The van der Waals surface area contributed by atoms with Crippen molar-refractivity contribution in [2.24, 2.45) is 0 Å². The monoisotopic (exact) mass is 1200 g/mol. The van der Waals surface area contributed by atoms with E-state index in [4.69, 9.17) is 18.9 Å². The van der Waals surface area contributed by atoms with E-state index in [0.717, 1.165) is 42.3 Å². The Labute approximate surface area is 464 Å². The summed E-state index contributed by atoms with van der Waals surface area (Å²) in [5.41, 5.74) is 14.3. The minimum absolute atomic E-state index is 0. The number of ether oxygens (including phenoxy) is 4. The first-order valence-electron chi connectivity index (χ1n) is 26.6. The van der Waals surface area contributed by atoms with Crippen molar-refractivity contribution in [2.45, 2.75) is 170 Å². The van der Waals surface area contributed by atoms with E-state index in [1.807, 2.05) is 0 Å². The molecule has 1 aliphatic carbocycles. The molecular weight excluding hydrogens is 1120 g/mol. The van der Waals surface area contributed by atoms with Crippen molar-refractivity contribution in [1.29, 1.82) is 0 Å². The smallest absolute Gasteiger partial charge is 1.00 e. The van der Waals surface area contributed by atoms with Crippen LogP contribution in [0.3, 0.4) is 0 Å². The van der Waals surface area contributed by atoms with E-state index >= 15 is 0 Å². The molecule has 0 aromatic heterocycles. The normalized spacial score (nSPS) is 12.9. The van der Waals surface area contributed by atoms with Crippen LogP contribution in [0.4, 0.5) is 0 Å². The zero-order valence-corrected chi connectivity index (χ0v) is 50.7. The molecule has 0 unspecified atom stereocenters. The summed E-state index contributed by atoms with van der Waals surface area (Å²) in [5.74, 6) is 3.92. The van der Waals surface area contributed by atoms with Crippen LogP contribution in [0.1, 0.15) is 190 Å². The third-order valence-electron chi connectivity index (χ3n) is 13.8. The van der Waals surface area contributed by atoms with Crippen LogP contribution < -0.4 is 42.0 Å². The van der Waals surface area contributed by atoms with E-state index in [2.05, 4.69) is 213 Å². The van der Waals surface area contributed by atoms with Gasteiger partial charge >= 0.3 is 22.4 Å². The number of hydrogen-bond acceptors (Lipinski definition) is 4. The summed E-state index contributed by atoms with van der Waals surface area (Å²) < 4.78 is 28.8. The summed E-state index contributed by atoms with van der Waals surface area (Å²) in [6.45, 7) is 36.5. The molecule has 8 bridgehead atoms. The van der Waals surface area contributed by atoms with E-state index in [0.29, 0.717) is 51.9 Å². The summed E-state index contributed by atoms with van der Waals surface area (Å²) >= 11 is 0. The minimum Gasteiger partial charge on any atom is -1.00 e. The van der Waals surface area contributed by atoms with E-state index in [-0.39, 0.29) is 56.4 Å². The molecule has 0 aliphatic heterocycles. The van der Waals surface area contributed by atoms with Gasteiger partial charge in [0.15, 0.2) is 0 Å². The van der Waals surface area contributed by atoms with Crippen LogP contribution in [0.5, 0.6) is 23.0 Å².